The molecule has 1 aliphatic rings. The number of aromatic carboxylic acids is 1. The van der Waals surface area contributed by atoms with Gasteiger partial charge in [0.25, 0.3) is 0 Å². The van der Waals surface area contributed by atoms with Crippen molar-refractivity contribution in [1.29, 1.82) is 0 Å². The van der Waals surface area contributed by atoms with E-state index in [9.17, 15) is 4.79 Å². The quantitative estimate of drug-likeness (QED) is 0.789. The van der Waals surface area contributed by atoms with Gasteiger partial charge < -0.3 is 19.3 Å². The first-order valence-corrected chi connectivity index (χ1v) is 7.99. The molecule has 5 heteroatoms. The minimum atomic E-state index is -0.943. The molecule has 24 heavy (non-hydrogen) atoms. The lowest BCUT2D eigenvalue weighted by atomic mass is 10.0. The Bertz CT molecular complexity index is 660. The molecule has 0 spiro atoms. The van der Waals surface area contributed by atoms with Crippen LogP contribution in [0.25, 0.3) is 0 Å². The fourth-order valence-corrected chi connectivity index (χ4v) is 2.79. The van der Waals surface area contributed by atoms with Gasteiger partial charge in [-0.05, 0) is 30.7 Å². The monoisotopic (exact) mass is 328 g/mol. The van der Waals surface area contributed by atoms with E-state index in [2.05, 4.69) is 0 Å². The summed E-state index contributed by atoms with van der Waals surface area (Å²) in [4.78, 5) is 10.8. The van der Waals surface area contributed by atoms with Crippen molar-refractivity contribution in [3.8, 4) is 5.75 Å². The molecule has 1 aliphatic heterocycles. The van der Waals surface area contributed by atoms with Crippen molar-refractivity contribution >= 4 is 5.97 Å². The fourth-order valence-electron chi connectivity index (χ4n) is 2.79. The highest BCUT2D eigenvalue weighted by Crippen LogP contribution is 2.35. The summed E-state index contributed by atoms with van der Waals surface area (Å²) in [6, 6.07) is 16.3. The number of ether oxygens (including phenoxy) is 3. The smallest absolute Gasteiger partial charge is 0.335 e. The van der Waals surface area contributed by atoms with E-state index in [4.69, 9.17) is 19.3 Å². The molecule has 126 valence electrons. The van der Waals surface area contributed by atoms with E-state index < -0.39 is 11.8 Å². The van der Waals surface area contributed by atoms with Crippen LogP contribution < -0.4 is 4.74 Å². The van der Waals surface area contributed by atoms with Gasteiger partial charge in [0.05, 0.1) is 25.4 Å². The second kappa shape index (κ2) is 7.47. The Kier molecular flexibility index (Phi) is 5.13. The third-order valence-electron chi connectivity index (χ3n) is 3.99. The second-order valence-electron chi connectivity index (χ2n) is 5.60. The van der Waals surface area contributed by atoms with Crippen molar-refractivity contribution in [2.75, 3.05) is 19.8 Å². The van der Waals surface area contributed by atoms with Crippen LogP contribution in [-0.4, -0.2) is 30.9 Å². The Morgan fingerprint density at radius 2 is 1.71 bits per heavy atom. The van der Waals surface area contributed by atoms with Crippen LogP contribution in [0.1, 0.15) is 28.8 Å². The average Bonchev–Trinajstić information content (AvgIpc) is 3.10. The van der Waals surface area contributed by atoms with Crippen molar-refractivity contribution < 1.29 is 24.1 Å². The molecule has 1 heterocycles. The SMILES string of the molecule is O=C(O)c1ccc(OCCCC2(c3ccccc3)OCCO2)cc1. The van der Waals surface area contributed by atoms with Crippen LogP contribution in [0.15, 0.2) is 54.6 Å². The summed E-state index contributed by atoms with van der Waals surface area (Å²) in [7, 11) is 0. The molecule has 0 amide bonds. The van der Waals surface area contributed by atoms with Crippen LogP contribution in [-0.2, 0) is 15.3 Å². The Labute approximate surface area is 140 Å². The number of benzene rings is 2. The van der Waals surface area contributed by atoms with Crippen molar-refractivity contribution in [3.63, 3.8) is 0 Å². The summed E-state index contributed by atoms with van der Waals surface area (Å²) >= 11 is 0. The van der Waals surface area contributed by atoms with Crippen molar-refractivity contribution in [1.82, 2.24) is 0 Å². The highest BCUT2D eigenvalue weighted by Gasteiger charge is 2.37. The number of carboxylic acids is 1. The molecule has 0 unspecified atom stereocenters. The second-order valence-corrected chi connectivity index (χ2v) is 5.60. The molecule has 0 atom stereocenters. The van der Waals surface area contributed by atoms with Gasteiger partial charge in [-0.3, -0.25) is 0 Å². The fraction of sp³-hybridized carbons (Fsp3) is 0.316. The molecule has 0 radical (unpaired) electrons. The van der Waals surface area contributed by atoms with Gasteiger partial charge in [-0.1, -0.05) is 30.3 Å². The predicted octanol–water partition coefficient (Wildman–Crippen LogP) is 3.44. The first kappa shape index (κ1) is 16.5. The molecule has 0 bridgehead atoms. The molecule has 3 rings (SSSR count). The van der Waals surface area contributed by atoms with Gasteiger partial charge in [0.2, 0.25) is 0 Å². The molecule has 1 saturated heterocycles. The van der Waals surface area contributed by atoms with Gasteiger partial charge in [-0.25, -0.2) is 4.79 Å². The lowest BCUT2D eigenvalue weighted by Gasteiger charge is -2.27. The predicted molar refractivity (Wildman–Crippen MR) is 88.2 cm³/mol. The Balaban J connectivity index is 1.54. The summed E-state index contributed by atoms with van der Waals surface area (Å²) < 4.78 is 17.4. The zero-order valence-electron chi connectivity index (χ0n) is 13.3. The topological polar surface area (TPSA) is 65.0 Å². The summed E-state index contributed by atoms with van der Waals surface area (Å²) in [5, 5.41) is 8.88. The van der Waals surface area contributed by atoms with Gasteiger partial charge in [0.1, 0.15) is 5.75 Å². The van der Waals surface area contributed by atoms with Gasteiger partial charge in [-0.15, -0.1) is 0 Å². The van der Waals surface area contributed by atoms with Crippen LogP contribution >= 0.6 is 0 Å². The molecular formula is C19H20O5. The number of hydrogen-bond donors (Lipinski definition) is 1. The number of hydrogen-bond acceptors (Lipinski definition) is 4. The highest BCUT2D eigenvalue weighted by molar-refractivity contribution is 5.87. The molecule has 2 aromatic rings. The standard InChI is InChI=1S/C19H20O5/c20-18(21)15-7-9-17(10-8-15)22-12-4-11-19(23-13-14-24-19)16-5-2-1-3-6-16/h1-3,5-10H,4,11-14H2,(H,20,21). The Morgan fingerprint density at radius 1 is 1.04 bits per heavy atom. The molecule has 1 fully saturated rings. The maximum atomic E-state index is 10.8. The normalized spacial score (nSPS) is 16.0. The van der Waals surface area contributed by atoms with E-state index in [-0.39, 0.29) is 5.56 Å². The van der Waals surface area contributed by atoms with E-state index in [0.717, 1.165) is 12.0 Å². The summed E-state index contributed by atoms with van der Waals surface area (Å²) in [5.41, 5.74) is 1.27. The minimum absolute atomic E-state index is 0.248. The molecule has 1 N–H and O–H groups in total. The highest BCUT2D eigenvalue weighted by atomic mass is 16.7. The largest absolute Gasteiger partial charge is 0.494 e. The molecule has 0 aromatic heterocycles. The number of rotatable bonds is 7. The molecule has 2 aromatic carbocycles. The summed E-state index contributed by atoms with van der Waals surface area (Å²) in [5.74, 6) is -0.971. The zero-order chi connectivity index (χ0) is 16.8. The van der Waals surface area contributed by atoms with Gasteiger partial charge in [-0.2, -0.15) is 0 Å². The van der Waals surface area contributed by atoms with E-state index in [0.29, 0.717) is 32.0 Å². The van der Waals surface area contributed by atoms with Crippen LogP contribution in [0.5, 0.6) is 5.75 Å². The van der Waals surface area contributed by atoms with Gasteiger partial charge in [0, 0.05) is 12.0 Å². The van der Waals surface area contributed by atoms with Gasteiger partial charge in [0.15, 0.2) is 5.79 Å². The summed E-state index contributed by atoms with van der Waals surface area (Å²) in [6.07, 6.45) is 1.46. The molecule has 0 saturated carbocycles. The molecule has 5 nitrogen and oxygen atoms in total. The summed E-state index contributed by atoms with van der Waals surface area (Å²) in [6.45, 7) is 1.69. The van der Waals surface area contributed by atoms with E-state index in [1.165, 1.54) is 12.1 Å². The molecular weight excluding hydrogens is 308 g/mol. The maximum Gasteiger partial charge on any atom is 0.335 e. The Morgan fingerprint density at radius 3 is 2.33 bits per heavy atom. The van der Waals surface area contributed by atoms with Crippen LogP contribution in [0.4, 0.5) is 0 Å². The van der Waals surface area contributed by atoms with Crippen LogP contribution in [0.3, 0.4) is 0 Å². The van der Waals surface area contributed by atoms with Crippen molar-refractivity contribution in [2.45, 2.75) is 18.6 Å². The maximum absolute atomic E-state index is 10.8. The van der Waals surface area contributed by atoms with Crippen LogP contribution in [0.2, 0.25) is 0 Å². The van der Waals surface area contributed by atoms with Crippen LogP contribution in [0, 0.1) is 0 Å². The van der Waals surface area contributed by atoms with E-state index >= 15 is 0 Å². The minimum Gasteiger partial charge on any atom is -0.494 e. The third-order valence-corrected chi connectivity index (χ3v) is 3.99. The lowest BCUT2D eigenvalue weighted by Crippen LogP contribution is -2.27. The average molecular weight is 328 g/mol. The molecule has 0 aliphatic carbocycles. The van der Waals surface area contributed by atoms with Gasteiger partial charge >= 0.3 is 5.97 Å². The van der Waals surface area contributed by atoms with Crippen molar-refractivity contribution in [3.05, 3.63) is 65.7 Å². The first-order valence-electron chi connectivity index (χ1n) is 7.99. The number of carboxylic acid groups (broad SMARTS) is 1. The number of carbonyl (C=O) groups is 1. The van der Waals surface area contributed by atoms with Crippen molar-refractivity contribution in [2.24, 2.45) is 0 Å². The Hall–Kier alpha value is -2.37. The lowest BCUT2D eigenvalue weighted by molar-refractivity contribution is -0.172. The van der Waals surface area contributed by atoms with E-state index in [1.807, 2.05) is 30.3 Å². The zero-order valence-corrected chi connectivity index (χ0v) is 13.3. The van der Waals surface area contributed by atoms with E-state index in [1.54, 1.807) is 12.1 Å². The first-order chi connectivity index (χ1) is 11.7. The third kappa shape index (κ3) is 3.75.